The summed E-state index contributed by atoms with van der Waals surface area (Å²) in [4.78, 5) is 0. The lowest BCUT2D eigenvalue weighted by Gasteiger charge is -2.15. The van der Waals surface area contributed by atoms with E-state index in [1.54, 1.807) is 13.8 Å². The zero-order chi connectivity index (χ0) is 42.4. The van der Waals surface area contributed by atoms with Gasteiger partial charge in [-0.2, -0.15) is 26.3 Å². The van der Waals surface area contributed by atoms with Crippen LogP contribution in [0.4, 0.5) is 48.3 Å². The molecule has 0 amide bonds. The van der Waals surface area contributed by atoms with Gasteiger partial charge in [-0.1, -0.05) is 24.3 Å². The summed E-state index contributed by atoms with van der Waals surface area (Å²) in [6.45, 7) is 3.19. The highest BCUT2D eigenvalue weighted by molar-refractivity contribution is 5.36. The topological polar surface area (TPSA) is 36.9 Å². The third-order valence-electron chi connectivity index (χ3n) is 9.38. The van der Waals surface area contributed by atoms with Gasteiger partial charge in [0.15, 0.2) is 52.1 Å². The van der Waals surface area contributed by atoms with Gasteiger partial charge in [-0.3, -0.25) is 0 Å². The van der Waals surface area contributed by atoms with Gasteiger partial charge < -0.3 is 18.9 Å². The summed E-state index contributed by atoms with van der Waals surface area (Å²) in [5.41, 5.74) is -0.280. The predicted octanol–water partition coefficient (Wildman–Crippen LogP) is 12.7. The molecule has 0 aliphatic rings. The Hall–Kier alpha value is -4.95. The SMILES string of the molecule is CCOc1ccc(CCc2ccc(OCCCCC(CCCCOc3ccc(CCc4ccc(OCC)c(F)c4F)c(F)c3F)C(F)=C(F)F)c(F)c2F)c(F)c1F. The van der Waals surface area contributed by atoms with Gasteiger partial charge in [0.1, 0.15) is 0 Å². The molecule has 0 saturated carbocycles. The van der Waals surface area contributed by atoms with E-state index >= 15 is 0 Å². The Morgan fingerprint density at radius 2 is 0.707 bits per heavy atom. The van der Waals surface area contributed by atoms with Crippen LogP contribution in [0, 0.1) is 52.5 Å². The van der Waals surface area contributed by atoms with Crippen LogP contribution >= 0.6 is 0 Å². The van der Waals surface area contributed by atoms with Crippen molar-refractivity contribution >= 4 is 0 Å². The van der Waals surface area contributed by atoms with Crippen molar-refractivity contribution in [1.82, 2.24) is 0 Å². The Bertz CT molecular complexity index is 1890. The maximum Gasteiger partial charge on any atom is 0.301 e. The molecule has 4 aromatic carbocycles. The molecule has 15 heteroatoms. The van der Waals surface area contributed by atoms with E-state index in [0.29, 0.717) is 0 Å². The van der Waals surface area contributed by atoms with Gasteiger partial charge in [0.2, 0.25) is 23.3 Å². The number of benzene rings is 4. The van der Waals surface area contributed by atoms with E-state index in [4.69, 9.17) is 18.9 Å². The van der Waals surface area contributed by atoms with Crippen molar-refractivity contribution in [3.8, 4) is 23.0 Å². The molecular weight excluding hydrogens is 789 g/mol. The number of allylic oxidation sites excluding steroid dienone is 1. The van der Waals surface area contributed by atoms with Crippen LogP contribution in [0.1, 0.15) is 74.6 Å². The van der Waals surface area contributed by atoms with Crippen molar-refractivity contribution in [2.75, 3.05) is 26.4 Å². The molecule has 0 unspecified atom stereocenters. The van der Waals surface area contributed by atoms with E-state index in [2.05, 4.69) is 0 Å². The van der Waals surface area contributed by atoms with E-state index in [-0.39, 0.29) is 124 Å². The molecule has 0 fully saturated rings. The molecule has 0 radical (unpaired) electrons. The van der Waals surface area contributed by atoms with Crippen molar-refractivity contribution in [3.05, 3.63) is 129 Å². The fourth-order valence-electron chi connectivity index (χ4n) is 6.26. The molecule has 58 heavy (non-hydrogen) atoms. The molecular formula is C43H43F11O4. The van der Waals surface area contributed by atoms with Crippen LogP contribution < -0.4 is 18.9 Å². The average Bonchev–Trinajstić information content (AvgIpc) is 3.20. The van der Waals surface area contributed by atoms with Gasteiger partial charge in [0.05, 0.1) is 26.4 Å². The first-order valence-corrected chi connectivity index (χ1v) is 18.9. The van der Waals surface area contributed by atoms with Crippen LogP contribution in [-0.4, -0.2) is 26.4 Å². The minimum absolute atomic E-state index is 0.0274. The highest BCUT2D eigenvalue weighted by atomic mass is 19.3. The van der Waals surface area contributed by atoms with E-state index in [1.165, 1.54) is 48.5 Å². The molecule has 0 aliphatic heterocycles. The lowest BCUT2D eigenvalue weighted by atomic mass is 9.95. The van der Waals surface area contributed by atoms with E-state index < -0.39 is 75.9 Å². The Balaban J connectivity index is 1.20. The van der Waals surface area contributed by atoms with Crippen molar-refractivity contribution in [1.29, 1.82) is 0 Å². The third kappa shape index (κ3) is 12.0. The van der Waals surface area contributed by atoms with E-state index in [1.807, 2.05) is 0 Å². The van der Waals surface area contributed by atoms with Gasteiger partial charge in [-0.05, 0) is 125 Å². The second-order valence-corrected chi connectivity index (χ2v) is 13.3. The molecule has 0 bridgehead atoms. The zero-order valence-corrected chi connectivity index (χ0v) is 31.9. The normalized spacial score (nSPS) is 11.3. The number of unbranched alkanes of at least 4 members (excludes halogenated alkanes) is 2. The van der Waals surface area contributed by atoms with E-state index in [9.17, 15) is 48.3 Å². The number of ether oxygens (including phenoxy) is 4. The third-order valence-corrected chi connectivity index (χ3v) is 9.38. The summed E-state index contributed by atoms with van der Waals surface area (Å²) in [7, 11) is 0. The first kappa shape index (κ1) is 45.7. The number of hydrogen-bond donors (Lipinski definition) is 0. The first-order valence-electron chi connectivity index (χ1n) is 18.9. The molecule has 0 atom stereocenters. The number of rotatable bonds is 23. The number of aryl methyl sites for hydroxylation is 4. The molecule has 0 aromatic heterocycles. The molecule has 0 saturated heterocycles. The molecule has 4 rings (SSSR count). The molecule has 0 aliphatic carbocycles. The summed E-state index contributed by atoms with van der Waals surface area (Å²) < 4.78 is 178. The molecule has 4 aromatic rings. The summed E-state index contributed by atoms with van der Waals surface area (Å²) in [5.74, 6) is -13.8. The summed E-state index contributed by atoms with van der Waals surface area (Å²) in [6.07, 6.45) is -2.33. The van der Waals surface area contributed by atoms with Gasteiger partial charge in [-0.25, -0.2) is 22.0 Å². The van der Waals surface area contributed by atoms with Crippen LogP contribution in [-0.2, 0) is 25.7 Å². The van der Waals surface area contributed by atoms with Gasteiger partial charge in [-0.15, -0.1) is 0 Å². The van der Waals surface area contributed by atoms with Crippen LogP contribution in [0.5, 0.6) is 23.0 Å². The molecule has 316 valence electrons. The lowest BCUT2D eigenvalue weighted by molar-refractivity contribution is 0.264. The maximum atomic E-state index is 14.8. The molecule has 4 nitrogen and oxygen atoms in total. The highest BCUT2D eigenvalue weighted by Gasteiger charge is 2.22. The average molecular weight is 833 g/mol. The predicted molar refractivity (Wildman–Crippen MR) is 195 cm³/mol. The fraction of sp³-hybridized carbons (Fsp3) is 0.395. The van der Waals surface area contributed by atoms with Crippen molar-refractivity contribution < 1.29 is 67.2 Å². The second kappa shape index (κ2) is 22.3. The summed E-state index contributed by atoms with van der Waals surface area (Å²) in [6, 6.07) is 9.98. The molecule has 0 spiro atoms. The Morgan fingerprint density at radius 3 is 0.983 bits per heavy atom. The standard InChI is InChI=1S/C43H43F11O4/c1-3-55-30-19-15-26(34(44)39(30)49)11-13-28-17-21-32(41(51)36(28)46)57-23-7-5-9-25(38(48)43(53)54)10-6-8-24-58-33-22-18-29(37(47)42(33)52)14-12-27-16-20-31(56-4-2)40(50)35(27)45/h15-22,25H,3-14,23-24H2,1-2H3. The molecule has 0 heterocycles. The monoisotopic (exact) mass is 832 g/mol. The fourth-order valence-corrected chi connectivity index (χ4v) is 6.26. The quantitative estimate of drug-likeness (QED) is 0.0551. The van der Waals surface area contributed by atoms with Crippen molar-refractivity contribution in [2.45, 2.75) is 78.1 Å². The smallest absolute Gasteiger partial charge is 0.301 e. The lowest BCUT2D eigenvalue weighted by Crippen LogP contribution is -2.08. The molecule has 0 N–H and O–H groups in total. The minimum Gasteiger partial charge on any atom is -0.491 e. The summed E-state index contributed by atoms with van der Waals surface area (Å²) >= 11 is 0. The van der Waals surface area contributed by atoms with Crippen LogP contribution in [0.25, 0.3) is 0 Å². The minimum atomic E-state index is -2.47. The first-order chi connectivity index (χ1) is 27.8. The van der Waals surface area contributed by atoms with Crippen molar-refractivity contribution in [2.24, 2.45) is 5.92 Å². The number of hydrogen-bond acceptors (Lipinski definition) is 4. The Labute approximate surface area is 329 Å². The summed E-state index contributed by atoms with van der Waals surface area (Å²) in [5, 5.41) is 0. The van der Waals surface area contributed by atoms with Gasteiger partial charge in [0, 0.05) is 5.92 Å². The van der Waals surface area contributed by atoms with Crippen LogP contribution in [0.15, 0.2) is 60.4 Å². The Morgan fingerprint density at radius 1 is 0.414 bits per heavy atom. The maximum absolute atomic E-state index is 14.8. The van der Waals surface area contributed by atoms with Crippen molar-refractivity contribution in [3.63, 3.8) is 0 Å². The Kier molecular flexibility index (Phi) is 17.6. The van der Waals surface area contributed by atoms with E-state index in [0.717, 1.165) is 0 Å². The zero-order valence-electron chi connectivity index (χ0n) is 31.9. The number of halogens is 11. The van der Waals surface area contributed by atoms with Gasteiger partial charge >= 0.3 is 6.08 Å². The largest absolute Gasteiger partial charge is 0.491 e. The van der Waals surface area contributed by atoms with Gasteiger partial charge in [0.25, 0.3) is 0 Å². The second-order valence-electron chi connectivity index (χ2n) is 13.3. The van der Waals surface area contributed by atoms with Crippen LogP contribution in [0.2, 0.25) is 0 Å². The van der Waals surface area contributed by atoms with Crippen LogP contribution in [0.3, 0.4) is 0 Å². The highest BCUT2D eigenvalue weighted by Crippen LogP contribution is 2.31.